The Hall–Kier alpha value is -2.60. The third kappa shape index (κ3) is 3.49. The fraction of sp³-hybridized carbons (Fsp3) is 0.167. The lowest BCUT2D eigenvalue weighted by Gasteiger charge is -2.02. The monoisotopic (exact) mass is 312 g/mol. The molecule has 0 nitrogen and oxygen atoms in total. The van der Waals surface area contributed by atoms with Gasteiger partial charge in [0.25, 0.3) is 0 Å². The highest BCUT2D eigenvalue weighted by molar-refractivity contribution is 5.86. The second-order valence-electron chi connectivity index (χ2n) is 6.60. The molecule has 0 heteroatoms. The van der Waals surface area contributed by atoms with Gasteiger partial charge in [0.1, 0.15) is 0 Å². The van der Waals surface area contributed by atoms with Gasteiger partial charge in [-0.25, -0.2) is 0 Å². The van der Waals surface area contributed by atoms with Crippen LogP contribution in [0.2, 0.25) is 0 Å². The zero-order valence-electron chi connectivity index (χ0n) is 14.9. The molecule has 0 unspecified atom stereocenters. The topological polar surface area (TPSA) is 0 Å². The predicted molar refractivity (Wildman–Crippen MR) is 107 cm³/mol. The van der Waals surface area contributed by atoms with Crippen molar-refractivity contribution >= 4 is 21.5 Å². The minimum atomic E-state index is 1.33. The van der Waals surface area contributed by atoms with Crippen molar-refractivity contribution in [1.82, 2.24) is 0 Å². The molecular formula is C24H24. The van der Waals surface area contributed by atoms with Gasteiger partial charge in [0, 0.05) is 0 Å². The molecule has 0 amide bonds. The second kappa shape index (κ2) is 6.88. The normalized spacial score (nSPS) is 10.5. The Morgan fingerprint density at radius 1 is 0.458 bits per heavy atom. The molecule has 0 fully saturated rings. The first kappa shape index (κ1) is 16.3. The summed E-state index contributed by atoms with van der Waals surface area (Å²) < 4.78 is 0. The molecule has 0 heterocycles. The van der Waals surface area contributed by atoms with E-state index in [1.54, 1.807) is 0 Å². The zero-order valence-corrected chi connectivity index (χ0v) is 14.9. The van der Waals surface area contributed by atoms with Crippen LogP contribution in [0, 0.1) is 27.7 Å². The average Bonchev–Trinajstić information content (AvgIpc) is 2.55. The van der Waals surface area contributed by atoms with Crippen LogP contribution in [0.4, 0.5) is 0 Å². The first-order chi connectivity index (χ1) is 11.5. The third-order valence-corrected chi connectivity index (χ3v) is 4.47. The van der Waals surface area contributed by atoms with Crippen LogP contribution in [0.5, 0.6) is 0 Å². The van der Waals surface area contributed by atoms with Gasteiger partial charge in [-0.15, -0.1) is 0 Å². The van der Waals surface area contributed by atoms with Crippen LogP contribution < -0.4 is 0 Å². The fourth-order valence-electron chi connectivity index (χ4n) is 3.25. The SMILES string of the molecule is Cc1cc(C)c2ccccc2c1.Cc1ccc2c(C)cccc2c1. The number of fused-ring (bicyclic) bond motifs is 2. The molecular weight excluding hydrogens is 288 g/mol. The third-order valence-electron chi connectivity index (χ3n) is 4.47. The maximum atomic E-state index is 2.22. The van der Waals surface area contributed by atoms with Crippen LogP contribution >= 0.6 is 0 Å². The summed E-state index contributed by atoms with van der Waals surface area (Å²) >= 11 is 0. The zero-order chi connectivity index (χ0) is 17.1. The quantitative estimate of drug-likeness (QED) is 0.331. The Morgan fingerprint density at radius 2 is 1.08 bits per heavy atom. The molecule has 120 valence electrons. The Balaban J connectivity index is 0.000000141. The summed E-state index contributed by atoms with van der Waals surface area (Å²) in [6.07, 6.45) is 0. The lowest BCUT2D eigenvalue weighted by atomic mass is 10.0. The van der Waals surface area contributed by atoms with E-state index in [4.69, 9.17) is 0 Å². The van der Waals surface area contributed by atoms with Crippen molar-refractivity contribution in [2.45, 2.75) is 27.7 Å². The minimum Gasteiger partial charge on any atom is -0.0616 e. The van der Waals surface area contributed by atoms with Crippen molar-refractivity contribution in [3.8, 4) is 0 Å². The molecule has 0 aliphatic carbocycles. The Labute approximate surface area is 144 Å². The summed E-state index contributed by atoms with van der Waals surface area (Å²) in [7, 11) is 0. The smallest absolute Gasteiger partial charge is 0.0155 e. The summed E-state index contributed by atoms with van der Waals surface area (Å²) in [5.74, 6) is 0. The van der Waals surface area contributed by atoms with Crippen LogP contribution in [-0.4, -0.2) is 0 Å². The van der Waals surface area contributed by atoms with Crippen molar-refractivity contribution < 1.29 is 0 Å². The van der Waals surface area contributed by atoms with E-state index in [9.17, 15) is 0 Å². The summed E-state index contributed by atoms with van der Waals surface area (Å²) in [5.41, 5.74) is 5.39. The van der Waals surface area contributed by atoms with E-state index in [0.29, 0.717) is 0 Å². The van der Waals surface area contributed by atoms with Gasteiger partial charge in [-0.2, -0.15) is 0 Å². The molecule has 0 spiro atoms. The highest BCUT2D eigenvalue weighted by atomic mass is 14.0. The van der Waals surface area contributed by atoms with Crippen LogP contribution in [-0.2, 0) is 0 Å². The summed E-state index contributed by atoms with van der Waals surface area (Å²) in [5, 5.41) is 5.41. The van der Waals surface area contributed by atoms with E-state index >= 15 is 0 Å². The molecule has 4 aromatic rings. The Bertz CT molecular complexity index is 977. The number of aryl methyl sites for hydroxylation is 4. The molecule has 0 N–H and O–H groups in total. The first-order valence-electron chi connectivity index (χ1n) is 8.46. The maximum Gasteiger partial charge on any atom is -0.0155 e. The van der Waals surface area contributed by atoms with E-state index in [2.05, 4.69) is 100 Å². The summed E-state index contributed by atoms with van der Waals surface area (Å²) in [4.78, 5) is 0. The van der Waals surface area contributed by atoms with Gasteiger partial charge < -0.3 is 0 Å². The molecule has 0 atom stereocenters. The van der Waals surface area contributed by atoms with Crippen LogP contribution in [0.15, 0.2) is 72.8 Å². The van der Waals surface area contributed by atoms with Crippen molar-refractivity contribution in [1.29, 1.82) is 0 Å². The Morgan fingerprint density at radius 3 is 1.88 bits per heavy atom. The van der Waals surface area contributed by atoms with Crippen LogP contribution in [0.1, 0.15) is 22.3 Å². The van der Waals surface area contributed by atoms with Gasteiger partial charge in [-0.05, 0) is 60.4 Å². The van der Waals surface area contributed by atoms with E-state index in [-0.39, 0.29) is 0 Å². The van der Waals surface area contributed by atoms with Crippen molar-refractivity contribution in [2.24, 2.45) is 0 Å². The summed E-state index contributed by atoms with van der Waals surface area (Å²) in [6.45, 7) is 8.58. The van der Waals surface area contributed by atoms with E-state index in [1.165, 1.54) is 43.8 Å². The lowest BCUT2D eigenvalue weighted by Crippen LogP contribution is -1.80. The molecule has 4 aromatic carbocycles. The molecule has 0 radical (unpaired) electrons. The first-order valence-corrected chi connectivity index (χ1v) is 8.46. The van der Waals surface area contributed by atoms with Crippen molar-refractivity contribution in [3.05, 3.63) is 95.1 Å². The van der Waals surface area contributed by atoms with Gasteiger partial charge in [0.15, 0.2) is 0 Å². The highest BCUT2D eigenvalue weighted by Gasteiger charge is 1.96. The number of rotatable bonds is 0. The minimum absolute atomic E-state index is 1.33. The van der Waals surface area contributed by atoms with Gasteiger partial charge >= 0.3 is 0 Å². The van der Waals surface area contributed by atoms with E-state index in [0.717, 1.165) is 0 Å². The maximum absolute atomic E-state index is 2.22. The van der Waals surface area contributed by atoms with Crippen molar-refractivity contribution in [3.63, 3.8) is 0 Å². The van der Waals surface area contributed by atoms with Gasteiger partial charge in [-0.1, -0.05) is 83.9 Å². The molecule has 4 rings (SSSR count). The number of hydrogen-bond donors (Lipinski definition) is 0. The molecule has 0 bridgehead atoms. The molecule has 0 saturated heterocycles. The largest absolute Gasteiger partial charge is 0.0616 e. The van der Waals surface area contributed by atoms with Crippen molar-refractivity contribution in [2.75, 3.05) is 0 Å². The fourth-order valence-corrected chi connectivity index (χ4v) is 3.25. The van der Waals surface area contributed by atoms with E-state index in [1.807, 2.05) is 0 Å². The number of benzene rings is 4. The molecule has 0 aliphatic rings. The molecule has 0 aliphatic heterocycles. The molecule has 0 aromatic heterocycles. The Kier molecular flexibility index (Phi) is 4.66. The standard InChI is InChI=1S/2C12H12/c1-9-6-7-12-10(2)4-3-5-11(12)8-9;1-9-7-10(2)12-6-4-3-5-11(12)8-9/h2*3-8H,1-2H3. The molecule has 24 heavy (non-hydrogen) atoms. The van der Waals surface area contributed by atoms with Crippen LogP contribution in [0.25, 0.3) is 21.5 Å². The van der Waals surface area contributed by atoms with E-state index < -0.39 is 0 Å². The predicted octanol–water partition coefficient (Wildman–Crippen LogP) is 6.91. The summed E-state index contributed by atoms with van der Waals surface area (Å²) in [6, 6.07) is 26.0. The average molecular weight is 312 g/mol. The number of hydrogen-bond acceptors (Lipinski definition) is 0. The van der Waals surface area contributed by atoms with Gasteiger partial charge in [-0.3, -0.25) is 0 Å². The highest BCUT2D eigenvalue weighted by Crippen LogP contribution is 2.20. The molecule has 0 saturated carbocycles. The van der Waals surface area contributed by atoms with Gasteiger partial charge in [0.2, 0.25) is 0 Å². The van der Waals surface area contributed by atoms with Crippen LogP contribution in [0.3, 0.4) is 0 Å². The second-order valence-corrected chi connectivity index (χ2v) is 6.60. The lowest BCUT2D eigenvalue weighted by molar-refractivity contribution is 1.43. The van der Waals surface area contributed by atoms with Gasteiger partial charge in [0.05, 0.1) is 0 Å².